The van der Waals surface area contributed by atoms with Crippen LogP contribution < -0.4 is 5.73 Å². The van der Waals surface area contributed by atoms with Gasteiger partial charge in [0.05, 0.1) is 28.7 Å². The predicted molar refractivity (Wildman–Crippen MR) is 145 cm³/mol. The fraction of sp³-hybridized carbons (Fsp3) is 0.172. The number of nitrogen functional groups attached to an aromatic ring is 1. The van der Waals surface area contributed by atoms with Crippen molar-refractivity contribution in [3.8, 4) is 28.1 Å². The lowest BCUT2D eigenvalue weighted by atomic mass is 9.90. The van der Waals surface area contributed by atoms with Crippen molar-refractivity contribution in [2.24, 2.45) is 0 Å². The minimum Gasteiger partial charge on any atom is -0.507 e. The van der Waals surface area contributed by atoms with E-state index in [-0.39, 0.29) is 29.0 Å². The largest absolute Gasteiger partial charge is 0.507 e. The number of fused-ring (bicyclic) bond motifs is 1. The molecule has 10 heteroatoms. The average Bonchev–Trinajstić information content (AvgIpc) is 3.42. The molecule has 39 heavy (non-hydrogen) atoms. The van der Waals surface area contributed by atoms with Crippen LogP contribution in [-0.2, 0) is 0 Å². The maximum absolute atomic E-state index is 12.9. The van der Waals surface area contributed by atoms with Gasteiger partial charge in [0.15, 0.2) is 11.9 Å². The number of aromatic hydroxyl groups is 1. The molecule has 5 heterocycles. The Hall–Kier alpha value is -5.12. The molecule has 6 rings (SSSR count). The summed E-state index contributed by atoms with van der Waals surface area (Å²) in [5.41, 5.74) is 11.5. The summed E-state index contributed by atoms with van der Waals surface area (Å²) in [7, 11) is 0. The molecule has 0 saturated carbocycles. The third-order valence-electron chi connectivity index (χ3n) is 7.21. The fourth-order valence-corrected chi connectivity index (χ4v) is 5.09. The van der Waals surface area contributed by atoms with Crippen LogP contribution in [0.5, 0.6) is 5.75 Å². The number of hydrogen-bond donors (Lipinski definition) is 2. The van der Waals surface area contributed by atoms with Gasteiger partial charge in [0.25, 0.3) is 5.91 Å². The zero-order chi connectivity index (χ0) is 26.9. The predicted octanol–water partition coefficient (Wildman–Crippen LogP) is 3.97. The number of aldehydes is 1. The van der Waals surface area contributed by atoms with E-state index in [1.807, 2.05) is 42.5 Å². The van der Waals surface area contributed by atoms with Crippen molar-refractivity contribution in [2.75, 3.05) is 18.8 Å². The van der Waals surface area contributed by atoms with Gasteiger partial charge in [-0.25, -0.2) is 4.98 Å². The highest BCUT2D eigenvalue weighted by Gasteiger charge is 2.30. The Bertz CT molecular complexity index is 1680. The Kier molecular flexibility index (Phi) is 6.20. The van der Waals surface area contributed by atoms with Crippen LogP contribution in [0.1, 0.15) is 45.2 Å². The summed E-state index contributed by atoms with van der Waals surface area (Å²) in [6, 6.07) is 15.2. The number of carbonyl (C=O) groups is 2. The molecule has 0 aliphatic carbocycles. The van der Waals surface area contributed by atoms with Crippen molar-refractivity contribution in [1.82, 2.24) is 29.5 Å². The highest BCUT2D eigenvalue weighted by molar-refractivity contribution is 5.96. The third kappa shape index (κ3) is 4.35. The Balaban J connectivity index is 1.30. The molecule has 10 nitrogen and oxygen atoms in total. The molecule has 5 aromatic rings. The van der Waals surface area contributed by atoms with Gasteiger partial charge in [0.2, 0.25) is 0 Å². The number of benzene rings is 1. The minimum atomic E-state index is -0.276. The second kappa shape index (κ2) is 9.97. The smallest absolute Gasteiger partial charge is 0.259 e. The van der Waals surface area contributed by atoms with Gasteiger partial charge in [0, 0.05) is 54.3 Å². The minimum absolute atomic E-state index is 0.0784. The number of likely N-dealkylation sites (tertiary alicyclic amines) is 1. The second-order valence-electron chi connectivity index (χ2n) is 9.46. The summed E-state index contributed by atoms with van der Waals surface area (Å²) in [6.45, 7) is 0.889. The molecule has 0 radical (unpaired) electrons. The number of carbonyl (C=O) groups excluding carboxylic acids is 2. The Labute approximate surface area is 223 Å². The van der Waals surface area contributed by atoms with Crippen LogP contribution in [-0.4, -0.2) is 59.9 Å². The molecule has 0 bridgehead atoms. The number of amides is 1. The summed E-state index contributed by atoms with van der Waals surface area (Å²) < 4.78 is 1.48. The number of anilines is 1. The summed E-state index contributed by atoms with van der Waals surface area (Å²) in [5, 5.41) is 14.5. The van der Waals surface area contributed by atoms with Gasteiger partial charge >= 0.3 is 0 Å². The molecule has 0 spiro atoms. The van der Waals surface area contributed by atoms with E-state index < -0.39 is 0 Å². The Morgan fingerprint density at radius 2 is 1.79 bits per heavy atom. The van der Waals surface area contributed by atoms with Crippen LogP contribution in [0.25, 0.3) is 28.0 Å². The van der Waals surface area contributed by atoms with Gasteiger partial charge in [0.1, 0.15) is 11.6 Å². The molecule has 1 amide bonds. The van der Waals surface area contributed by atoms with Crippen molar-refractivity contribution < 1.29 is 14.7 Å². The Morgan fingerprint density at radius 1 is 1.00 bits per heavy atom. The zero-order valence-electron chi connectivity index (χ0n) is 20.9. The average molecular weight is 520 g/mol. The standard InChI is InChI=1S/C29H25N7O3/c30-27-23(17-37)26(19-9-12-35(13-10-19)29(39)22-15-31-11-8-25(22)38)34-28-21(16-33-36(27)28)20-6-7-24(32-14-20)18-4-2-1-3-5-18/h1-8,11,14-17,19H,9-10,12-13,30H2,(H,31,38). The van der Waals surface area contributed by atoms with E-state index in [9.17, 15) is 14.7 Å². The van der Waals surface area contributed by atoms with Crippen LogP contribution in [0.4, 0.5) is 5.82 Å². The van der Waals surface area contributed by atoms with Crippen molar-refractivity contribution in [1.29, 1.82) is 0 Å². The van der Waals surface area contributed by atoms with Gasteiger partial charge < -0.3 is 15.7 Å². The van der Waals surface area contributed by atoms with E-state index >= 15 is 0 Å². The lowest BCUT2D eigenvalue weighted by Gasteiger charge is -2.32. The van der Waals surface area contributed by atoms with Crippen LogP contribution in [0.3, 0.4) is 0 Å². The Morgan fingerprint density at radius 3 is 2.49 bits per heavy atom. The molecule has 1 aliphatic heterocycles. The molecule has 0 unspecified atom stereocenters. The van der Waals surface area contributed by atoms with Crippen molar-refractivity contribution in [2.45, 2.75) is 18.8 Å². The molecular weight excluding hydrogens is 494 g/mol. The lowest BCUT2D eigenvalue weighted by molar-refractivity contribution is 0.0708. The third-order valence-corrected chi connectivity index (χ3v) is 7.21. The quantitative estimate of drug-likeness (QED) is 0.333. The molecule has 1 saturated heterocycles. The topological polar surface area (TPSA) is 140 Å². The lowest BCUT2D eigenvalue weighted by Crippen LogP contribution is -2.38. The van der Waals surface area contributed by atoms with E-state index in [0.717, 1.165) is 28.7 Å². The number of aromatic nitrogens is 5. The molecular formula is C29H25N7O3. The summed E-state index contributed by atoms with van der Waals surface area (Å²) >= 11 is 0. The zero-order valence-corrected chi connectivity index (χ0v) is 20.9. The SMILES string of the molecule is Nc1c(C=O)c(C2CCN(C(=O)c3cnccc3O)CC2)nc2c(-c3ccc(-c4ccccc4)nc3)cnn12. The monoisotopic (exact) mass is 519 g/mol. The molecule has 194 valence electrons. The van der Waals surface area contributed by atoms with Gasteiger partial charge in [-0.15, -0.1) is 0 Å². The first-order valence-corrected chi connectivity index (χ1v) is 12.6. The molecule has 1 aromatic carbocycles. The van der Waals surface area contributed by atoms with Crippen LogP contribution in [0.2, 0.25) is 0 Å². The van der Waals surface area contributed by atoms with Crippen molar-refractivity contribution >= 4 is 23.7 Å². The summed E-state index contributed by atoms with van der Waals surface area (Å²) in [4.78, 5) is 40.2. The number of nitrogens with two attached hydrogens (primary N) is 1. The number of piperidine rings is 1. The van der Waals surface area contributed by atoms with Crippen LogP contribution in [0.15, 0.2) is 73.3 Å². The normalized spacial score (nSPS) is 14.0. The summed E-state index contributed by atoms with van der Waals surface area (Å²) in [5.74, 6) is -0.226. The molecule has 4 aromatic heterocycles. The van der Waals surface area contributed by atoms with Gasteiger partial charge in [-0.05, 0) is 25.0 Å². The first kappa shape index (κ1) is 24.2. The number of rotatable bonds is 5. The van der Waals surface area contributed by atoms with Crippen LogP contribution >= 0.6 is 0 Å². The molecule has 0 atom stereocenters. The van der Waals surface area contributed by atoms with E-state index in [0.29, 0.717) is 42.8 Å². The van der Waals surface area contributed by atoms with Crippen molar-refractivity contribution in [3.05, 3.63) is 90.1 Å². The highest BCUT2D eigenvalue weighted by atomic mass is 16.3. The van der Waals surface area contributed by atoms with E-state index in [1.165, 1.54) is 23.0 Å². The van der Waals surface area contributed by atoms with Crippen molar-refractivity contribution in [3.63, 3.8) is 0 Å². The van der Waals surface area contributed by atoms with Gasteiger partial charge in [-0.2, -0.15) is 9.61 Å². The highest BCUT2D eigenvalue weighted by Crippen LogP contribution is 2.34. The number of nitrogens with zero attached hydrogens (tertiary/aromatic N) is 6. The first-order chi connectivity index (χ1) is 19.0. The molecule has 3 N–H and O–H groups in total. The van der Waals surface area contributed by atoms with E-state index in [1.54, 1.807) is 17.3 Å². The number of pyridine rings is 2. The number of hydrogen-bond acceptors (Lipinski definition) is 8. The maximum atomic E-state index is 12.9. The molecule has 1 fully saturated rings. The second-order valence-corrected chi connectivity index (χ2v) is 9.46. The van der Waals surface area contributed by atoms with E-state index in [2.05, 4.69) is 15.1 Å². The molecule has 1 aliphatic rings. The van der Waals surface area contributed by atoms with Gasteiger partial charge in [-0.1, -0.05) is 36.4 Å². The maximum Gasteiger partial charge on any atom is 0.259 e. The van der Waals surface area contributed by atoms with Gasteiger partial charge in [-0.3, -0.25) is 19.6 Å². The van der Waals surface area contributed by atoms with Crippen LogP contribution in [0, 0.1) is 0 Å². The first-order valence-electron chi connectivity index (χ1n) is 12.6. The fourth-order valence-electron chi connectivity index (χ4n) is 5.09. The van der Waals surface area contributed by atoms with E-state index in [4.69, 9.17) is 10.7 Å². The summed E-state index contributed by atoms with van der Waals surface area (Å²) in [6.07, 6.45) is 8.16.